The highest BCUT2D eigenvalue weighted by atomic mass is 127. The van der Waals surface area contributed by atoms with Crippen LogP contribution in [0.4, 0.5) is 8.78 Å². The van der Waals surface area contributed by atoms with Gasteiger partial charge in [-0.05, 0) is 59.2 Å². The summed E-state index contributed by atoms with van der Waals surface area (Å²) in [5, 5.41) is 10.5. The largest absolute Gasteiger partial charge is 0.544 e. The van der Waals surface area contributed by atoms with E-state index >= 15 is 0 Å². The Balaban J connectivity index is 3.02. The summed E-state index contributed by atoms with van der Waals surface area (Å²) in [6.45, 7) is 4.44. The molecule has 0 aliphatic heterocycles. The van der Waals surface area contributed by atoms with Gasteiger partial charge in [-0.2, -0.15) is 8.78 Å². The molecule has 0 saturated heterocycles. The molecule has 1 unspecified atom stereocenters. The Hall–Kier alpha value is -1.25. The molecule has 0 bridgehead atoms. The van der Waals surface area contributed by atoms with E-state index in [1.807, 2.05) is 0 Å². The zero-order valence-corrected chi connectivity index (χ0v) is 13.8. The molecule has 1 aromatic rings. The molecule has 0 fully saturated rings. The van der Waals surface area contributed by atoms with E-state index in [4.69, 9.17) is 4.74 Å². The van der Waals surface area contributed by atoms with Crippen molar-refractivity contribution in [3.8, 4) is 0 Å². The summed E-state index contributed by atoms with van der Waals surface area (Å²) in [5.74, 6) is -8.68. The fourth-order valence-electron chi connectivity index (χ4n) is 1.70. The summed E-state index contributed by atoms with van der Waals surface area (Å²) < 4.78 is 32.7. The average molecular weight is 411 g/mol. The smallest absolute Gasteiger partial charge is 0.338 e. The van der Waals surface area contributed by atoms with Gasteiger partial charge in [-0.1, -0.05) is 13.8 Å². The summed E-state index contributed by atoms with van der Waals surface area (Å²) in [5.41, 5.74) is 0.880. The third-order valence-electron chi connectivity index (χ3n) is 2.86. The van der Waals surface area contributed by atoms with Crippen LogP contribution in [-0.4, -0.2) is 24.0 Å². The molecule has 0 radical (unpaired) electrons. The van der Waals surface area contributed by atoms with Crippen molar-refractivity contribution in [3.63, 3.8) is 0 Å². The molecule has 4 nitrogen and oxygen atoms in total. The number of carbonyl (C=O) groups is 2. The van der Waals surface area contributed by atoms with Gasteiger partial charge in [-0.25, -0.2) is 4.79 Å². The van der Waals surface area contributed by atoms with E-state index in [1.165, 1.54) is 26.0 Å². The summed E-state index contributed by atoms with van der Waals surface area (Å²) in [7, 11) is 0. The molecular formula is C14H14F2IO4-. The van der Waals surface area contributed by atoms with Crippen LogP contribution in [0, 0.1) is 16.4 Å². The number of rotatable bonds is 5. The van der Waals surface area contributed by atoms with Crippen LogP contribution < -0.4 is 5.11 Å². The molecule has 0 amide bonds. The number of esters is 1. The van der Waals surface area contributed by atoms with Gasteiger partial charge < -0.3 is 14.6 Å². The number of aliphatic carboxylic acids is 1. The molecule has 0 spiro atoms. The number of carbonyl (C=O) groups excluding carboxylic acids is 2. The second kappa shape index (κ2) is 6.67. The minimum Gasteiger partial charge on any atom is -0.544 e. The van der Waals surface area contributed by atoms with Crippen molar-refractivity contribution in [3.05, 3.63) is 32.9 Å². The average Bonchev–Trinajstić information content (AvgIpc) is 2.38. The Bertz CT molecular complexity index is 558. The number of halogens is 3. The molecule has 0 heterocycles. The molecule has 1 atom stereocenters. The van der Waals surface area contributed by atoms with E-state index in [0.717, 1.165) is 9.13 Å². The third-order valence-corrected chi connectivity index (χ3v) is 4.07. The van der Waals surface area contributed by atoms with E-state index in [1.54, 1.807) is 13.0 Å². The monoisotopic (exact) mass is 411 g/mol. The lowest BCUT2D eigenvalue weighted by molar-refractivity contribution is -0.337. The van der Waals surface area contributed by atoms with Gasteiger partial charge in [-0.3, -0.25) is 0 Å². The van der Waals surface area contributed by atoms with Crippen molar-refractivity contribution in [2.45, 2.75) is 32.8 Å². The third kappa shape index (κ3) is 4.12. The molecule has 0 N–H and O–H groups in total. The first kappa shape index (κ1) is 17.8. The van der Waals surface area contributed by atoms with Gasteiger partial charge in [0.25, 0.3) is 0 Å². The van der Waals surface area contributed by atoms with Crippen LogP contribution >= 0.6 is 22.6 Å². The highest BCUT2D eigenvalue weighted by Crippen LogP contribution is 2.28. The maximum atomic E-state index is 13.5. The number of carboxylic acids is 1. The van der Waals surface area contributed by atoms with Crippen molar-refractivity contribution in [2.75, 3.05) is 0 Å². The van der Waals surface area contributed by atoms with Crippen LogP contribution in [-0.2, 0) is 9.53 Å². The topological polar surface area (TPSA) is 66.4 Å². The Morgan fingerprint density at radius 3 is 2.33 bits per heavy atom. The lowest BCUT2D eigenvalue weighted by Gasteiger charge is -2.30. The Morgan fingerprint density at radius 1 is 1.33 bits per heavy atom. The van der Waals surface area contributed by atoms with Crippen LogP contribution in [0.3, 0.4) is 0 Å². The Morgan fingerprint density at radius 2 is 1.90 bits per heavy atom. The van der Waals surface area contributed by atoms with Gasteiger partial charge in [0.2, 0.25) is 0 Å². The molecule has 21 heavy (non-hydrogen) atoms. The summed E-state index contributed by atoms with van der Waals surface area (Å²) in [6, 6.07) is 4.58. The Kier molecular flexibility index (Phi) is 5.66. The van der Waals surface area contributed by atoms with Crippen molar-refractivity contribution in [1.82, 2.24) is 0 Å². The minimum absolute atomic E-state index is 0.0905. The summed E-state index contributed by atoms with van der Waals surface area (Å²) in [6.07, 6.45) is -2.09. The predicted molar refractivity (Wildman–Crippen MR) is 77.9 cm³/mol. The van der Waals surface area contributed by atoms with Crippen LogP contribution in [0.1, 0.15) is 29.8 Å². The number of ether oxygens (including phenoxy) is 1. The zero-order valence-electron chi connectivity index (χ0n) is 11.7. The lowest BCUT2D eigenvalue weighted by atomic mass is 10.0. The van der Waals surface area contributed by atoms with E-state index in [-0.39, 0.29) is 5.56 Å². The second-order valence-corrected chi connectivity index (χ2v) is 6.11. The number of alkyl halides is 2. The van der Waals surface area contributed by atoms with E-state index in [0.29, 0.717) is 0 Å². The van der Waals surface area contributed by atoms with Gasteiger partial charge in [0.1, 0.15) is 5.97 Å². The molecule has 0 saturated carbocycles. The normalized spacial score (nSPS) is 13.1. The van der Waals surface area contributed by atoms with Gasteiger partial charge in [0.05, 0.1) is 5.56 Å². The van der Waals surface area contributed by atoms with Crippen LogP contribution in [0.25, 0.3) is 0 Å². The molecule has 0 aromatic heterocycles. The first-order valence-corrected chi connectivity index (χ1v) is 7.21. The fraction of sp³-hybridized carbons (Fsp3) is 0.429. The van der Waals surface area contributed by atoms with Crippen molar-refractivity contribution in [1.29, 1.82) is 0 Å². The second-order valence-electron chi connectivity index (χ2n) is 4.94. The number of benzene rings is 1. The number of aryl methyl sites for hydroxylation is 1. The van der Waals surface area contributed by atoms with Crippen molar-refractivity contribution < 1.29 is 28.2 Å². The first-order chi connectivity index (χ1) is 9.57. The molecule has 0 aliphatic rings. The summed E-state index contributed by atoms with van der Waals surface area (Å²) >= 11 is 2.06. The van der Waals surface area contributed by atoms with E-state index in [2.05, 4.69) is 22.6 Å². The fourth-order valence-corrected chi connectivity index (χ4v) is 2.04. The Labute approximate surface area is 134 Å². The van der Waals surface area contributed by atoms with Crippen LogP contribution in [0.5, 0.6) is 0 Å². The maximum Gasteiger partial charge on any atom is 0.338 e. The molecule has 0 aliphatic carbocycles. The van der Waals surface area contributed by atoms with Crippen LogP contribution in [0.15, 0.2) is 18.2 Å². The van der Waals surface area contributed by atoms with Gasteiger partial charge in [0, 0.05) is 3.57 Å². The molecule has 1 aromatic carbocycles. The standard InChI is InChI=1S/C14H15F2IO4/c1-7(2)11(14(15,16)13(19)20)21-12(18)9-4-5-10(17)8(3)6-9/h4-7,11H,1-3H3,(H,19,20)/p-1. The van der Waals surface area contributed by atoms with Crippen LogP contribution in [0.2, 0.25) is 0 Å². The van der Waals surface area contributed by atoms with Crippen molar-refractivity contribution in [2.24, 2.45) is 5.92 Å². The number of carboxylic acid groups (broad SMARTS) is 1. The molecule has 116 valence electrons. The molecule has 1 rings (SSSR count). The van der Waals surface area contributed by atoms with Gasteiger partial charge in [-0.15, -0.1) is 0 Å². The maximum absolute atomic E-state index is 13.5. The number of hydrogen-bond donors (Lipinski definition) is 0. The quantitative estimate of drug-likeness (QED) is 0.551. The van der Waals surface area contributed by atoms with Gasteiger partial charge >= 0.3 is 11.9 Å². The van der Waals surface area contributed by atoms with Gasteiger partial charge in [0.15, 0.2) is 6.10 Å². The minimum atomic E-state index is -4.25. The summed E-state index contributed by atoms with van der Waals surface area (Å²) in [4.78, 5) is 22.5. The van der Waals surface area contributed by atoms with Crippen molar-refractivity contribution >= 4 is 34.5 Å². The van der Waals surface area contributed by atoms with E-state index in [9.17, 15) is 23.5 Å². The highest BCUT2D eigenvalue weighted by Gasteiger charge is 2.46. The highest BCUT2D eigenvalue weighted by molar-refractivity contribution is 14.1. The predicted octanol–water partition coefficient (Wildman–Crippen LogP) is 2.17. The lowest BCUT2D eigenvalue weighted by Crippen LogP contribution is -2.53. The van der Waals surface area contributed by atoms with E-state index < -0.39 is 29.9 Å². The first-order valence-electron chi connectivity index (χ1n) is 6.13. The SMILES string of the molecule is Cc1cc(C(=O)OC(C(C)C)C(F)(F)C(=O)[O-])ccc1I. The zero-order chi connectivity index (χ0) is 16.4. The molecule has 7 heteroatoms. The number of hydrogen-bond acceptors (Lipinski definition) is 4. The molecular weight excluding hydrogens is 397 g/mol.